The van der Waals surface area contributed by atoms with E-state index >= 15 is 0 Å². The van der Waals surface area contributed by atoms with Crippen molar-refractivity contribution in [1.29, 1.82) is 0 Å². The molecular formula is C15H14ClN3O2. The quantitative estimate of drug-likeness (QED) is 0.887. The van der Waals surface area contributed by atoms with Gasteiger partial charge in [0.15, 0.2) is 0 Å². The molecule has 0 saturated carbocycles. The van der Waals surface area contributed by atoms with Crippen LogP contribution in [0.2, 0.25) is 5.15 Å². The SMILES string of the molecule is CN(C)C(=O)c1cccc(NC(=O)c2cccnc2Cl)c1. The molecule has 0 saturated heterocycles. The van der Waals surface area contributed by atoms with E-state index in [4.69, 9.17) is 11.6 Å². The van der Waals surface area contributed by atoms with E-state index < -0.39 is 0 Å². The molecule has 1 aromatic heterocycles. The van der Waals surface area contributed by atoms with E-state index in [0.717, 1.165) is 0 Å². The van der Waals surface area contributed by atoms with E-state index in [0.29, 0.717) is 11.3 Å². The number of anilines is 1. The fourth-order valence-corrected chi connectivity index (χ4v) is 1.95. The van der Waals surface area contributed by atoms with E-state index in [1.165, 1.54) is 11.1 Å². The van der Waals surface area contributed by atoms with Crippen LogP contribution in [0.5, 0.6) is 0 Å². The summed E-state index contributed by atoms with van der Waals surface area (Å²) >= 11 is 5.88. The molecule has 0 unspecified atom stereocenters. The Hall–Kier alpha value is -2.40. The van der Waals surface area contributed by atoms with Crippen LogP contribution in [0.1, 0.15) is 20.7 Å². The molecule has 6 heteroatoms. The van der Waals surface area contributed by atoms with Crippen LogP contribution in [0.25, 0.3) is 0 Å². The fraction of sp³-hybridized carbons (Fsp3) is 0.133. The van der Waals surface area contributed by atoms with Crippen molar-refractivity contribution in [2.24, 2.45) is 0 Å². The lowest BCUT2D eigenvalue weighted by Gasteiger charge is -2.12. The second-order valence-electron chi connectivity index (χ2n) is 4.58. The van der Waals surface area contributed by atoms with Gasteiger partial charge in [0, 0.05) is 31.5 Å². The summed E-state index contributed by atoms with van der Waals surface area (Å²) in [6.07, 6.45) is 1.51. The Kier molecular flexibility index (Phi) is 4.55. The number of halogens is 1. The number of pyridine rings is 1. The number of amides is 2. The van der Waals surface area contributed by atoms with Gasteiger partial charge in [-0.05, 0) is 30.3 Å². The van der Waals surface area contributed by atoms with Gasteiger partial charge in [-0.15, -0.1) is 0 Å². The molecule has 2 rings (SSSR count). The average molecular weight is 304 g/mol. The normalized spacial score (nSPS) is 10.0. The Bertz CT molecular complexity index is 686. The molecule has 0 spiro atoms. The number of rotatable bonds is 3. The maximum atomic E-state index is 12.1. The predicted molar refractivity (Wildman–Crippen MR) is 81.7 cm³/mol. The van der Waals surface area contributed by atoms with E-state index in [9.17, 15) is 9.59 Å². The first-order valence-corrected chi connectivity index (χ1v) is 6.60. The van der Waals surface area contributed by atoms with Crippen LogP contribution in [-0.4, -0.2) is 35.8 Å². The molecule has 1 N–H and O–H groups in total. The van der Waals surface area contributed by atoms with Crippen LogP contribution in [0.15, 0.2) is 42.6 Å². The van der Waals surface area contributed by atoms with Gasteiger partial charge in [-0.2, -0.15) is 0 Å². The van der Waals surface area contributed by atoms with Gasteiger partial charge in [0.25, 0.3) is 11.8 Å². The number of aromatic nitrogens is 1. The molecule has 0 aliphatic rings. The molecule has 0 radical (unpaired) electrons. The standard InChI is InChI=1S/C15H14ClN3O2/c1-19(2)15(21)10-5-3-6-11(9-10)18-14(20)12-7-4-8-17-13(12)16/h3-9H,1-2H3,(H,18,20). The van der Waals surface area contributed by atoms with Crippen molar-refractivity contribution >= 4 is 29.1 Å². The van der Waals surface area contributed by atoms with Gasteiger partial charge >= 0.3 is 0 Å². The Morgan fingerprint density at radius 2 is 1.95 bits per heavy atom. The van der Waals surface area contributed by atoms with Crippen molar-refractivity contribution < 1.29 is 9.59 Å². The number of carbonyl (C=O) groups is 2. The topological polar surface area (TPSA) is 62.3 Å². The Morgan fingerprint density at radius 3 is 2.62 bits per heavy atom. The average Bonchev–Trinajstić information content (AvgIpc) is 2.47. The first kappa shape index (κ1) is 15.0. The van der Waals surface area contributed by atoms with Gasteiger partial charge in [-0.1, -0.05) is 17.7 Å². The van der Waals surface area contributed by atoms with Crippen LogP contribution in [0, 0.1) is 0 Å². The first-order valence-electron chi connectivity index (χ1n) is 6.22. The molecule has 5 nitrogen and oxygen atoms in total. The molecule has 2 aromatic rings. The van der Waals surface area contributed by atoms with E-state index in [1.54, 1.807) is 50.5 Å². The van der Waals surface area contributed by atoms with Crippen LogP contribution >= 0.6 is 11.6 Å². The zero-order chi connectivity index (χ0) is 15.4. The van der Waals surface area contributed by atoms with E-state index in [2.05, 4.69) is 10.3 Å². The first-order chi connectivity index (χ1) is 9.99. The summed E-state index contributed by atoms with van der Waals surface area (Å²) in [7, 11) is 3.34. The summed E-state index contributed by atoms with van der Waals surface area (Å²) in [5.74, 6) is -0.506. The molecule has 2 amide bonds. The van der Waals surface area contributed by atoms with E-state index in [1.807, 2.05) is 0 Å². The highest BCUT2D eigenvalue weighted by molar-refractivity contribution is 6.33. The van der Waals surface area contributed by atoms with Crippen molar-refractivity contribution in [2.75, 3.05) is 19.4 Å². The van der Waals surface area contributed by atoms with Crippen molar-refractivity contribution in [3.05, 3.63) is 58.9 Å². The third kappa shape index (κ3) is 3.58. The minimum atomic E-state index is -0.373. The highest BCUT2D eigenvalue weighted by atomic mass is 35.5. The lowest BCUT2D eigenvalue weighted by Crippen LogP contribution is -2.22. The summed E-state index contributed by atoms with van der Waals surface area (Å²) in [5, 5.41) is 2.83. The molecule has 0 aliphatic carbocycles. The van der Waals surface area contributed by atoms with Crippen molar-refractivity contribution in [3.63, 3.8) is 0 Å². The zero-order valence-corrected chi connectivity index (χ0v) is 12.4. The maximum Gasteiger partial charge on any atom is 0.258 e. The van der Waals surface area contributed by atoms with Crippen molar-refractivity contribution in [1.82, 2.24) is 9.88 Å². The van der Waals surface area contributed by atoms with Gasteiger partial charge in [-0.25, -0.2) is 4.98 Å². The largest absolute Gasteiger partial charge is 0.345 e. The number of hydrogen-bond acceptors (Lipinski definition) is 3. The number of nitrogens with zero attached hydrogens (tertiary/aromatic N) is 2. The van der Waals surface area contributed by atoms with Gasteiger partial charge in [0.05, 0.1) is 5.56 Å². The number of carbonyl (C=O) groups excluding carboxylic acids is 2. The molecule has 0 fully saturated rings. The van der Waals surface area contributed by atoms with Crippen molar-refractivity contribution in [2.45, 2.75) is 0 Å². The molecule has 0 bridgehead atoms. The van der Waals surface area contributed by atoms with Crippen molar-refractivity contribution in [3.8, 4) is 0 Å². The Balaban J connectivity index is 2.21. The van der Waals surface area contributed by atoms with Crippen LogP contribution in [0.4, 0.5) is 5.69 Å². The van der Waals surface area contributed by atoms with E-state index in [-0.39, 0.29) is 22.5 Å². The second-order valence-corrected chi connectivity index (χ2v) is 4.93. The highest BCUT2D eigenvalue weighted by Gasteiger charge is 2.12. The molecule has 0 aliphatic heterocycles. The smallest absolute Gasteiger partial charge is 0.258 e. The van der Waals surface area contributed by atoms with Crippen LogP contribution in [-0.2, 0) is 0 Å². The molecule has 1 aromatic carbocycles. The lowest BCUT2D eigenvalue weighted by molar-refractivity contribution is 0.0827. The molecular weight excluding hydrogens is 290 g/mol. The third-order valence-corrected chi connectivity index (χ3v) is 3.08. The van der Waals surface area contributed by atoms with Crippen LogP contribution < -0.4 is 5.32 Å². The predicted octanol–water partition coefficient (Wildman–Crippen LogP) is 2.69. The maximum absolute atomic E-state index is 12.1. The summed E-state index contributed by atoms with van der Waals surface area (Å²) in [4.78, 5) is 29.3. The molecule has 21 heavy (non-hydrogen) atoms. The lowest BCUT2D eigenvalue weighted by atomic mass is 10.1. The summed E-state index contributed by atoms with van der Waals surface area (Å²) in [6.45, 7) is 0. The van der Waals surface area contributed by atoms with Gasteiger partial charge < -0.3 is 10.2 Å². The Labute approximate surface area is 127 Å². The Morgan fingerprint density at radius 1 is 1.19 bits per heavy atom. The molecule has 108 valence electrons. The molecule has 0 atom stereocenters. The van der Waals surface area contributed by atoms with Gasteiger partial charge in [-0.3, -0.25) is 9.59 Å². The monoisotopic (exact) mass is 303 g/mol. The van der Waals surface area contributed by atoms with Gasteiger partial charge in [0.1, 0.15) is 5.15 Å². The van der Waals surface area contributed by atoms with Gasteiger partial charge in [0.2, 0.25) is 0 Å². The summed E-state index contributed by atoms with van der Waals surface area (Å²) < 4.78 is 0. The summed E-state index contributed by atoms with van der Waals surface area (Å²) in [6, 6.07) is 9.93. The third-order valence-electron chi connectivity index (χ3n) is 2.78. The minimum absolute atomic E-state index is 0.134. The fourth-order valence-electron chi connectivity index (χ4n) is 1.74. The number of nitrogens with one attached hydrogen (secondary N) is 1. The zero-order valence-electron chi connectivity index (χ0n) is 11.6. The number of benzene rings is 1. The minimum Gasteiger partial charge on any atom is -0.345 e. The summed E-state index contributed by atoms with van der Waals surface area (Å²) in [5.41, 5.74) is 1.30. The number of hydrogen-bond donors (Lipinski definition) is 1. The highest BCUT2D eigenvalue weighted by Crippen LogP contribution is 2.16. The second kappa shape index (κ2) is 6.37. The molecule has 1 heterocycles. The van der Waals surface area contributed by atoms with Crippen LogP contribution in [0.3, 0.4) is 0 Å².